The summed E-state index contributed by atoms with van der Waals surface area (Å²) in [4.78, 5) is 11.2. The van der Waals surface area contributed by atoms with Crippen LogP contribution in [0.1, 0.15) is 10.4 Å². The Labute approximate surface area is 121 Å². The minimum Gasteiger partial charge on any atom is -0.399 e. The lowest BCUT2D eigenvalue weighted by molar-refractivity contribution is 0.107. The summed E-state index contributed by atoms with van der Waals surface area (Å²) in [5.74, 6) is 0. The minimum absolute atomic E-state index is 0.0237. The lowest BCUT2D eigenvalue weighted by Gasteiger charge is -2.09. The molecule has 0 aromatic heterocycles. The maximum atomic E-state index is 12.5. The predicted octanol–water partition coefficient (Wildman–Crippen LogP) is 2.06. The van der Waals surface area contributed by atoms with Gasteiger partial charge in [0.25, 0.3) is 5.24 Å². The molecular weight excluding hydrogens is 300 g/mol. The van der Waals surface area contributed by atoms with Crippen molar-refractivity contribution < 1.29 is 13.2 Å². The Morgan fingerprint density at radius 3 is 2.05 bits per heavy atom. The molecule has 0 radical (unpaired) electrons. The van der Waals surface area contributed by atoms with Gasteiger partial charge in [-0.1, -0.05) is 0 Å². The van der Waals surface area contributed by atoms with Crippen LogP contribution in [0.5, 0.6) is 0 Å². The first-order chi connectivity index (χ1) is 9.32. The van der Waals surface area contributed by atoms with Crippen LogP contribution in [-0.2, 0) is 9.84 Å². The minimum atomic E-state index is -3.86. The van der Waals surface area contributed by atoms with Crippen molar-refractivity contribution in [3.8, 4) is 0 Å². The molecule has 20 heavy (non-hydrogen) atoms. The van der Waals surface area contributed by atoms with E-state index in [-0.39, 0.29) is 21.0 Å². The van der Waals surface area contributed by atoms with Crippen LogP contribution >= 0.6 is 11.6 Å². The molecule has 7 heteroatoms. The van der Waals surface area contributed by atoms with Gasteiger partial charge in [0.05, 0.1) is 15.4 Å². The van der Waals surface area contributed by atoms with E-state index in [2.05, 4.69) is 0 Å². The Morgan fingerprint density at radius 2 is 1.50 bits per heavy atom. The van der Waals surface area contributed by atoms with Crippen molar-refractivity contribution in [2.45, 2.75) is 9.79 Å². The van der Waals surface area contributed by atoms with Crippen LogP contribution in [0.3, 0.4) is 0 Å². The smallest absolute Gasteiger partial charge is 0.253 e. The number of carbonyl (C=O) groups is 1. The monoisotopic (exact) mass is 310 g/mol. The molecular formula is C13H11ClN2O3S. The van der Waals surface area contributed by atoms with E-state index in [0.29, 0.717) is 5.69 Å². The molecule has 0 saturated heterocycles. The Morgan fingerprint density at radius 1 is 0.950 bits per heavy atom. The van der Waals surface area contributed by atoms with Gasteiger partial charge in [-0.05, 0) is 54.1 Å². The highest BCUT2D eigenvalue weighted by Crippen LogP contribution is 2.27. The zero-order chi connectivity index (χ0) is 14.9. The van der Waals surface area contributed by atoms with Gasteiger partial charge < -0.3 is 11.5 Å². The summed E-state index contributed by atoms with van der Waals surface area (Å²) in [7, 11) is -3.86. The third-order valence-electron chi connectivity index (χ3n) is 2.70. The lowest BCUT2D eigenvalue weighted by atomic mass is 10.2. The maximum absolute atomic E-state index is 12.5. The number of hydrogen-bond donors (Lipinski definition) is 2. The van der Waals surface area contributed by atoms with E-state index < -0.39 is 15.1 Å². The van der Waals surface area contributed by atoms with E-state index in [9.17, 15) is 13.2 Å². The molecule has 0 aliphatic carbocycles. The molecule has 104 valence electrons. The number of hydrogen-bond acceptors (Lipinski definition) is 5. The Kier molecular flexibility index (Phi) is 3.69. The van der Waals surface area contributed by atoms with Crippen molar-refractivity contribution in [3.63, 3.8) is 0 Å². The highest BCUT2D eigenvalue weighted by atomic mass is 35.5. The van der Waals surface area contributed by atoms with Crippen LogP contribution in [0.15, 0.2) is 52.3 Å². The van der Waals surface area contributed by atoms with Crippen LogP contribution in [0, 0.1) is 0 Å². The van der Waals surface area contributed by atoms with Gasteiger partial charge in [-0.2, -0.15) is 0 Å². The topological polar surface area (TPSA) is 103 Å². The number of nitrogens with two attached hydrogens (primary N) is 2. The second-order valence-electron chi connectivity index (χ2n) is 4.10. The second kappa shape index (κ2) is 5.15. The third-order valence-corrected chi connectivity index (χ3v) is 4.73. The molecule has 0 spiro atoms. The fourth-order valence-electron chi connectivity index (χ4n) is 1.71. The van der Waals surface area contributed by atoms with Gasteiger partial charge >= 0.3 is 0 Å². The summed E-state index contributed by atoms with van der Waals surface area (Å²) in [6, 6.07) is 9.55. The van der Waals surface area contributed by atoms with E-state index in [1.165, 1.54) is 42.5 Å². The van der Waals surface area contributed by atoms with Crippen LogP contribution in [0.25, 0.3) is 0 Å². The molecule has 2 rings (SSSR count). The van der Waals surface area contributed by atoms with Crippen molar-refractivity contribution in [1.29, 1.82) is 0 Å². The average Bonchev–Trinajstić information content (AvgIpc) is 2.38. The van der Waals surface area contributed by atoms with E-state index in [1.807, 2.05) is 0 Å². The summed E-state index contributed by atoms with van der Waals surface area (Å²) in [5, 5.41) is -0.883. The summed E-state index contributed by atoms with van der Waals surface area (Å²) < 4.78 is 25.0. The van der Waals surface area contributed by atoms with Gasteiger partial charge in [0, 0.05) is 11.4 Å². The summed E-state index contributed by atoms with van der Waals surface area (Å²) in [6.07, 6.45) is 0. The number of carbonyl (C=O) groups excluding carboxylic acids is 1. The first kappa shape index (κ1) is 14.4. The first-order valence-electron chi connectivity index (χ1n) is 5.52. The first-order valence-corrected chi connectivity index (χ1v) is 7.38. The molecule has 4 N–H and O–H groups in total. The van der Waals surface area contributed by atoms with Gasteiger partial charge in [-0.3, -0.25) is 4.79 Å². The largest absolute Gasteiger partial charge is 0.399 e. The Bertz CT molecular complexity index is 771. The van der Waals surface area contributed by atoms with Gasteiger partial charge in [0.2, 0.25) is 9.84 Å². The quantitative estimate of drug-likeness (QED) is 0.667. The summed E-state index contributed by atoms with van der Waals surface area (Å²) in [6.45, 7) is 0. The zero-order valence-electron chi connectivity index (χ0n) is 10.2. The van der Waals surface area contributed by atoms with Crippen molar-refractivity contribution in [1.82, 2.24) is 0 Å². The fourth-order valence-corrected chi connectivity index (χ4v) is 3.36. The normalized spacial score (nSPS) is 11.2. The average molecular weight is 311 g/mol. The summed E-state index contributed by atoms with van der Waals surface area (Å²) in [5.41, 5.74) is 11.6. The highest BCUT2D eigenvalue weighted by molar-refractivity contribution is 7.91. The van der Waals surface area contributed by atoms with Gasteiger partial charge in [-0.25, -0.2) is 8.42 Å². The molecule has 2 aromatic rings. The standard InChI is InChI=1S/C13H11ClN2O3S/c14-13(17)11-7-9(16)3-6-12(11)20(18,19)10-4-1-8(15)2-5-10/h1-7H,15-16H2. The molecule has 5 nitrogen and oxygen atoms in total. The van der Waals surface area contributed by atoms with E-state index >= 15 is 0 Å². The molecule has 0 bridgehead atoms. The predicted molar refractivity (Wildman–Crippen MR) is 77.3 cm³/mol. The van der Waals surface area contributed by atoms with Crippen molar-refractivity contribution in [2.24, 2.45) is 0 Å². The third kappa shape index (κ3) is 2.61. The number of rotatable bonds is 3. The Balaban J connectivity index is 2.66. The number of nitrogen functional groups attached to an aromatic ring is 2. The van der Waals surface area contributed by atoms with Crippen LogP contribution in [0.2, 0.25) is 0 Å². The molecule has 0 heterocycles. The van der Waals surface area contributed by atoms with E-state index in [4.69, 9.17) is 23.1 Å². The Hall–Kier alpha value is -2.05. The molecule has 0 fully saturated rings. The maximum Gasteiger partial charge on any atom is 0.253 e. The van der Waals surface area contributed by atoms with E-state index in [0.717, 1.165) is 0 Å². The summed E-state index contributed by atoms with van der Waals surface area (Å²) >= 11 is 5.42. The number of sulfone groups is 1. The lowest BCUT2D eigenvalue weighted by Crippen LogP contribution is -2.08. The molecule has 0 atom stereocenters. The van der Waals surface area contributed by atoms with Crippen molar-refractivity contribution >= 4 is 38.1 Å². The molecule has 0 saturated carbocycles. The molecule has 0 amide bonds. The van der Waals surface area contributed by atoms with Crippen molar-refractivity contribution in [3.05, 3.63) is 48.0 Å². The second-order valence-corrected chi connectivity index (χ2v) is 6.36. The molecule has 0 aliphatic rings. The molecule has 2 aromatic carbocycles. The highest BCUT2D eigenvalue weighted by Gasteiger charge is 2.23. The van der Waals surface area contributed by atoms with Gasteiger partial charge in [0.1, 0.15) is 0 Å². The van der Waals surface area contributed by atoms with Crippen LogP contribution < -0.4 is 11.5 Å². The van der Waals surface area contributed by atoms with Gasteiger partial charge in [-0.15, -0.1) is 0 Å². The zero-order valence-corrected chi connectivity index (χ0v) is 11.8. The van der Waals surface area contributed by atoms with Gasteiger partial charge in [0.15, 0.2) is 0 Å². The molecule has 0 aliphatic heterocycles. The molecule has 0 unspecified atom stereocenters. The van der Waals surface area contributed by atoms with Crippen molar-refractivity contribution in [2.75, 3.05) is 11.5 Å². The number of anilines is 2. The number of halogens is 1. The SMILES string of the molecule is Nc1ccc(S(=O)(=O)c2ccc(N)cc2C(=O)Cl)cc1. The number of benzene rings is 2. The van der Waals surface area contributed by atoms with Crippen LogP contribution in [0.4, 0.5) is 11.4 Å². The fraction of sp³-hybridized carbons (Fsp3) is 0. The van der Waals surface area contributed by atoms with E-state index in [1.54, 1.807) is 0 Å². The van der Waals surface area contributed by atoms with Crippen LogP contribution in [-0.4, -0.2) is 13.7 Å².